The van der Waals surface area contributed by atoms with Gasteiger partial charge in [0.1, 0.15) is 0 Å². The zero-order chi connectivity index (χ0) is 15.5. The molecule has 0 saturated carbocycles. The number of hydrogen-bond acceptors (Lipinski definition) is 2. The van der Waals surface area contributed by atoms with Crippen LogP contribution in [0, 0.1) is 17.3 Å². The highest BCUT2D eigenvalue weighted by atomic mass is 16.4. The van der Waals surface area contributed by atoms with Crippen molar-refractivity contribution >= 4 is 12.0 Å². The van der Waals surface area contributed by atoms with E-state index in [4.69, 9.17) is 0 Å². The topological polar surface area (TPSA) is 60.9 Å². The van der Waals surface area contributed by atoms with E-state index in [9.17, 15) is 14.7 Å². The molecule has 0 aromatic rings. The lowest BCUT2D eigenvalue weighted by Gasteiger charge is -2.30. The molecule has 2 amide bonds. The first kappa shape index (κ1) is 16.8. The van der Waals surface area contributed by atoms with Gasteiger partial charge in [0.25, 0.3) is 0 Å². The molecule has 0 aromatic carbocycles. The molecule has 0 bridgehead atoms. The first-order chi connectivity index (χ1) is 9.20. The van der Waals surface area contributed by atoms with Gasteiger partial charge in [0, 0.05) is 26.7 Å². The number of rotatable bonds is 5. The number of nitrogens with zero attached hydrogens (tertiary/aromatic N) is 2. The highest BCUT2D eigenvalue weighted by molar-refractivity contribution is 5.80. The van der Waals surface area contributed by atoms with Crippen LogP contribution in [0.3, 0.4) is 0 Å². The van der Waals surface area contributed by atoms with Crippen LogP contribution in [0.15, 0.2) is 0 Å². The molecule has 20 heavy (non-hydrogen) atoms. The number of carbonyl (C=O) groups excluding carboxylic acids is 1. The monoisotopic (exact) mass is 284 g/mol. The summed E-state index contributed by atoms with van der Waals surface area (Å²) in [6, 6.07) is -0.0468. The third kappa shape index (κ3) is 3.44. The van der Waals surface area contributed by atoms with Gasteiger partial charge in [-0.05, 0) is 24.7 Å². The van der Waals surface area contributed by atoms with Crippen LogP contribution >= 0.6 is 0 Å². The second kappa shape index (κ2) is 6.46. The van der Waals surface area contributed by atoms with Crippen LogP contribution in [0.1, 0.15) is 40.5 Å². The molecule has 5 heteroatoms. The second-order valence-electron chi connectivity index (χ2n) is 6.67. The summed E-state index contributed by atoms with van der Waals surface area (Å²) in [5.74, 6) is -0.205. The van der Waals surface area contributed by atoms with Crippen LogP contribution in [-0.2, 0) is 4.79 Å². The second-order valence-corrected chi connectivity index (χ2v) is 6.67. The Bertz CT molecular complexity index is 368. The fourth-order valence-corrected chi connectivity index (χ4v) is 2.68. The third-order valence-corrected chi connectivity index (χ3v) is 4.47. The van der Waals surface area contributed by atoms with Crippen molar-refractivity contribution in [3.05, 3.63) is 0 Å². The minimum absolute atomic E-state index is 0.0266. The summed E-state index contributed by atoms with van der Waals surface area (Å²) in [7, 11) is 1.79. The molecular weight excluding hydrogens is 256 g/mol. The number of amides is 2. The van der Waals surface area contributed by atoms with Crippen molar-refractivity contribution in [2.75, 3.05) is 26.7 Å². The molecule has 0 radical (unpaired) electrons. The molecule has 116 valence electrons. The summed E-state index contributed by atoms with van der Waals surface area (Å²) in [4.78, 5) is 27.3. The van der Waals surface area contributed by atoms with Crippen LogP contribution < -0.4 is 0 Å². The van der Waals surface area contributed by atoms with Crippen molar-refractivity contribution < 1.29 is 14.7 Å². The maximum atomic E-state index is 12.3. The normalized spacial score (nSPS) is 22.6. The number of carboxylic acid groups (broad SMARTS) is 1. The van der Waals surface area contributed by atoms with Gasteiger partial charge in [0.2, 0.25) is 0 Å². The number of carboxylic acids is 1. The van der Waals surface area contributed by atoms with E-state index in [-0.39, 0.29) is 11.9 Å². The fourth-order valence-electron chi connectivity index (χ4n) is 2.68. The molecule has 1 unspecified atom stereocenters. The van der Waals surface area contributed by atoms with E-state index in [0.29, 0.717) is 25.4 Å². The number of carbonyl (C=O) groups is 2. The van der Waals surface area contributed by atoms with Crippen molar-refractivity contribution in [2.24, 2.45) is 17.3 Å². The van der Waals surface area contributed by atoms with E-state index in [1.165, 1.54) is 0 Å². The summed E-state index contributed by atoms with van der Waals surface area (Å²) < 4.78 is 0. The Balaban J connectivity index is 2.67. The van der Waals surface area contributed by atoms with Crippen LogP contribution in [0.4, 0.5) is 4.79 Å². The molecular formula is C15H28N2O3. The van der Waals surface area contributed by atoms with E-state index in [0.717, 1.165) is 13.0 Å². The summed E-state index contributed by atoms with van der Waals surface area (Å²) in [5, 5.41) is 9.50. The molecule has 1 heterocycles. The van der Waals surface area contributed by atoms with Gasteiger partial charge < -0.3 is 14.9 Å². The van der Waals surface area contributed by atoms with Crippen LogP contribution in [0.2, 0.25) is 0 Å². The van der Waals surface area contributed by atoms with Gasteiger partial charge in [-0.25, -0.2) is 4.79 Å². The lowest BCUT2D eigenvalue weighted by molar-refractivity contribution is -0.150. The largest absolute Gasteiger partial charge is 0.481 e. The predicted molar refractivity (Wildman–Crippen MR) is 78.6 cm³/mol. The van der Waals surface area contributed by atoms with E-state index in [1.54, 1.807) is 16.8 Å². The Kier molecular flexibility index (Phi) is 5.42. The molecule has 0 aliphatic carbocycles. The SMILES string of the molecule is CC(C)CCN(C)C(=O)N1CCC(C(=O)O)(C(C)C)C1. The quantitative estimate of drug-likeness (QED) is 0.844. The van der Waals surface area contributed by atoms with Gasteiger partial charge in [-0.1, -0.05) is 27.7 Å². The van der Waals surface area contributed by atoms with Crippen molar-refractivity contribution in [3.8, 4) is 0 Å². The summed E-state index contributed by atoms with van der Waals surface area (Å²) in [6.45, 7) is 9.68. The van der Waals surface area contributed by atoms with Crippen molar-refractivity contribution in [3.63, 3.8) is 0 Å². The molecule has 1 fully saturated rings. The van der Waals surface area contributed by atoms with Crippen molar-refractivity contribution in [2.45, 2.75) is 40.5 Å². The van der Waals surface area contributed by atoms with Crippen molar-refractivity contribution in [1.29, 1.82) is 0 Å². The zero-order valence-electron chi connectivity index (χ0n) is 13.3. The minimum atomic E-state index is -0.785. The lowest BCUT2D eigenvalue weighted by atomic mass is 9.76. The summed E-state index contributed by atoms with van der Waals surface area (Å²) in [6.07, 6.45) is 1.51. The molecule has 0 aromatic heterocycles. The molecule has 1 atom stereocenters. The van der Waals surface area contributed by atoms with E-state index >= 15 is 0 Å². The van der Waals surface area contributed by atoms with Gasteiger partial charge >= 0.3 is 12.0 Å². The molecule has 1 aliphatic rings. The molecule has 1 saturated heterocycles. The number of aliphatic carboxylic acids is 1. The van der Waals surface area contributed by atoms with Crippen molar-refractivity contribution in [1.82, 2.24) is 9.80 Å². The van der Waals surface area contributed by atoms with Crippen LogP contribution in [0.25, 0.3) is 0 Å². The average Bonchev–Trinajstić information content (AvgIpc) is 2.81. The first-order valence-corrected chi connectivity index (χ1v) is 7.44. The standard InChI is InChI=1S/C15H28N2O3/c1-11(2)6-8-16(5)14(20)17-9-7-15(10-17,12(3)4)13(18)19/h11-12H,6-10H2,1-5H3,(H,18,19). The number of likely N-dealkylation sites (tertiary alicyclic amines) is 1. The minimum Gasteiger partial charge on any atom is -0.481 e. The summed E-state index contributed by atoms with van der Waals surface area (Å²) in [5.41, 5.74) is -0.783. The smallest absolute Gasteiger partial charge is 0.319 e. The highest BCUT2D eigenvalue weighted by Crippen LogP contribution is 2.38. The molecule has 5 nitrogen and oxygen atoms in total. The molecule has 1 rings (SSSR count). The van der Waals surface area contributed by atoms with Gasteiger partial charge in [-0.2, -0.15) is 0 Å². The highest BCUT2D eigenvalue weighted by Gasteiger charge is 2.48. The van der Waals surface area contributed by atoms with E-state index in [2.05, 4.69) is 13.8 Å². The van der Waals surface area contributed by atoms with E-state index < -0.39 is 11.4 Å². The first-order valence-electron chi connectivity index (χ1n) is 7.44. The number of urea groups is 1. The van der Waals surface area contributed by atoms with Crippen LogP contribution in [-0.4, -0.2) is 53.6 Å². The summed E-state index contributed by atoms with van der Waals surface area (Å²) >= 11 is 0. The third-order valence-electron chi connectivity index (χ3n) is 4.47. The average molecular weight is 284 g/mol. The Hall–Kier alpha value is -1.26. The number of hydrogen-bond donors (Lipinski definition) is 1. The maximum Gasteiger partial charge on any atom is 0.319 e. The molecule has 1 aliphatic heterocycles. The Morgan fingerprint density at radius 1 is 1.30 bits per heavy atom. The Morgan fingerprint density at radius 3 is 2.30 bits per heavy atom. The van der Waals surface area contributed by atoms with Gasteiger partial charge in [-0.3, -0.25) is 4.79 Å². The predicted octanol–water partition coefficient (Wildman–Crippen LogP) is 2.52. The Labute approximate surface area is 121 Å². The van der Waals surface area contributed by atoms with Gasteiger partial charge in [0.15, 0.2) is 0 Å². The van der Waals surface area contributed by atoms with Gasteiger partial charge in [0.05, 0.1) is 5.41 Å². The molecule has 0 spiro atoms. The maximum absolute atomic E-state index is 12.3. The fraction of sp³-hybridized carbons (Fsp3) is 0.867. The van der Waals surface area contributed by atoms with Crippen LogP contribution in [0.5, 0.6) is 0 Å². The Morgan fingerprint density at radius 2 is 1.90 bits per heavy atom. The molecule has 1 N–H and O–H groups in total. The lowest BCUT2D eigenvalue weighted by Crippen LogP contribution is -2.44. The zero-order valence-corrected chi connectivity index (χ0v) is 13.3. The van der Waals surface area contributed by atoms with E-state index in [1.807, 2.05) is 13.8 Å². The van der Waals surface area contributed by atoms with Gasteiger partial charge in [-0.15, -0.1) is 0 Å².